The molecule has 0 saturated heterocycles. The van der Waals surface area contributed by atoms with Crippen LogP contribution >= 0.6 is 0 Å². The Bertz CT molecular complexity index is 1160. The van der Waals surface area contributed by atoms with Crippen LogP contribution in [0.1, 0.15) is 25.8 Å². The van der Waals surface area contributed by atoms with Crippen LogP contribution < -0.4 is 14.0 Å². The molecular formula is C22H24NO6S-. The van der Waals surface area contributed by atoms with E-state index in [0.29, 0.717) is 11.5 Å². The Kier molecular flexibility index (Phi) is 6.07. The summed E-state index contributed by atoms with van der Waals surface area (Å²) in [6.07, 6.45) is 4.62. The number of carbonyl (C=O) groups is 1. The van der Waals surface area contributed by atoms with Gasteiger partial charge in [-0.1, -0.05) is 12.1 Å². The van der Waals surface area contributed by atoms with Crippen molar-refractivity contribution in [2.24, 2.45) is 0 Å². The molecule has 0 aliphatic heterocycles. The zero-order chi connectivity index (χ0) is 21.9. The first-order valence-electron chi connectivity index (χ1n) is 9.51. The van der Waals surface area contributed by atoms with Crippen LogP contribution in [0, 0.1) is 0 Å². The Labute approximate surface area is 176 Å². The Morgan fingerprint density at radius 2 is 1.87 bits per heavy atom. The molecule has 0 spiro atoms. The number of hydrogen-bond acceptors (Lipinski definition) is 6. The van der Waals surface area contributed by atoms with Crippen molar-refractivity contribution in [3.05, 3.63) is 60.3 Å². The van der Waals surface area contributed by atoms with Gasteiger partial charge in [-0.05, 0) is 68.7 Å². The molecule has 0 saturated carbocycles. The Morgan fingerprint density at radius 1 is 1.10 bits per heavy atom. The second kappa shape index (κ2) is 8.39. The highest BCUT2D eigenvalue weighted by Gasteiger charge is 2.21. The molecule has 30 heavy (non-hydrogen) atoms. The molecule has 0 aliphatic carbocycles. The maximum absolute atomic E-state index is 11.3. The number of ether oxygens (including phenoxy) is 1. The summed E-state index contributed by atoms with van der Waals surface area (Å²) in [4.78, 5) is 11.1. The minimum Gasteiger partial charge on any atom is -0.546 e. The van der Waals surface area contributed by atoms with E-state index in [1.807, 2.05) is 36.5 Å². The van der Waals surface area contributed by atoms with Gasteiger partial charge in [-0.3, -0.25) is 0 Å². The highest BCUT2D eigenvalue weighted by Crippen LogP contribution is 2.24. The zero-order valence-electron chi connectivity index (χ0n) is 17.1. The molecular weight excluding hydrogens is 406 g/mol. The Balaban J connectivity index is 1.63. The molecule has 2 aromatic carbocycles. The quantitative estimate of drug-likeness (QED) is 0.484. The third-order valence-electron chi connectivity index (χ3n) is 4.62. The maximum atomic E-state index is 11.3. The molecule has 3 aromatic rings. The SMILES string of the molecule is CC(C)(Oc1cccc(CCCn2ccc3cc(OS(C)(=O)=O)ccc32)c1)C(=O)[O-]. The van der Waals surface area contributed by atoms with Crippen LogP contribution in [0.2, 0.25) is 0 Å². The highest BCUT2D eigenvalue weighted by molar-refractivity contribution is 7.86. The lowest BCUT2D eigenvalue weighted by Crippen LogP contribution is -2.47. The van der Waals surface area contributed by atoms with Crippen LogP contribution in [0.15, 0.2) is 54.7 Å². The van der Waals surface area contributed by atoms with Gasteiger partial charge in [-0.2, -0.15) is 8.42 Å². The van der Waals surface area contributed by atoms with Crippen LogP contribution in [0.25, 0.3) is 10.9 Å². The van der Waals surface area contributed by atoms with E-state index in [9.17, 15) is 18.3 Å². The summed E-state index contributed by atoms with van der Waals surface area (Å²) >= 11 is 0. The smallest absolute Gasteiger partial charge is 0.306 e. The number of benzene rings is 2. The van der Waals surface area contributed by atoms with Crippen molar-refractivity contribution in [3.8, 4) is 11.5 Å². The van der Waals surface area contributed by atoms with E-state index < -0.39 is 21.7 Å². The van der Waals surface area contributed by atoms with Crippen molar-refractivity contribution in [3.63, 3.8) is 0 Å². The van der Waals surface area contributed by atoms with Gasteiger partial charge in [0.1, 0.15) is 17.1 Å². The van der Waals surface area contributed by atoms with Crippen LogP contribution in [0.5, 0.6) is 11.5 Å². The second-order valence-corrected chi connectivity index (χ2v) is 9.24. The lowest BCUT2D eigenvalue weighted by atomic mass is 10.1. The van der Waals surface area contributed by atoms with Gasteiger partial charge in [0.05, 0.1) is 12.2 Å². The van der Waals surface area contributed by atoms with Gasteiger partial charge in [-0.25, -0.2) is 0 Å². The monoisotopic (exact) mass is 430 g/mol. The standard InChI is InChI=1S/C22H25NO6S/c1-22(2,21(24)25)28-18-8-4-6-16(14-18)7-5-12-23-13-11-17-15-19(9-10-20(17)23)29-30(3,26)27/h4,6,8-11,13-15H,5,7,12H2,1-3H3,(H,24,25)/p-1. The number of fused-ring (bicyclic) bond motifs is 1. The van der Waals surface area contributed by atoms with Crippen LogP contribution in [-0.2, 0) is 27.9 Å². The predicted molar refractivity (Wildman–Crippen MR) is 112 cm³/mol. The highest BCUT2D eigenvalue weighted by atomic mass is 32.2. The van der Waals surface area contributed by atoms with Crippen molar-refractivity contribution in [1.82, 2.24) is 4.57 Å². The molecule has 3 rings (SSSR count). The number of aromatic nitrogens is 1. The summed E-state index contributed by atoms with van der Waals surface area (Å²) in [7, 11) is -3.56. The first-order chi connectivity index (χ1) is 14.0. The third-order valence-corrected chi connectivity index (χ3v) is 5.11. The molecule has 0 fully saturated rings. The van der Waals surface area contributed by atoms with E-state index in [1.54, 1.807) is 18.2 Å². The van der Waals surface area contributed by atoms with Crippen molar-refractivity contribution in [1.29, 1.82) is 0 Å². The molecule has 1 heterocycles. The molecule has 0 atom stereocenters. The molecule has 0 amide bonds. The number of carboxylic acids is 1. The molecule has 0 N–H and O–H groups in total. The topological polar surface area (TPSA) is 97.7 Å². The largest absolute Gasteiger partial charge is 0.546 e. The maximum Gasteiger partial charge on any atom is 0.306 e. The van der Waals surface area contributed by atoms with Gasteiger partial charge < -0.3 is 23.4 Å². The molecule has 0 radical (unpaired) electrons. The summed E-state index contributed by atoms with van der Waals surface area (Å²) in [6.45, 7) is 3.68. The van der Waals surface area contributed by atoms with Crippen molar-refractivity contribution >= 4 is 27.0 Å². The molecule has 8 heteroatoms. The number of carboxylic acid groups (broad SMARTS) is 1. The van der Waals surface area contributed by atoms with Crippen LogP contribution in [0.3, 0.4) is 0 Å². The van der Waals surface area contributed by atoms with Crippen LogP contribution in [-0.4, -0.2) is 30.8 Å². The van der Waals surface area contributed by atoms with Crippen molar-refractivity contribution in [2.75, 3.05) is 6.26 Å². The minimum atomic E-state index is -3.56. The number of nitrogens with zero attached hydrogens (tertiary/aromatic N) is 1. The lowest BCUT2D eigenvalue weighted by Gasteiger charge is -2.27. The Morgan fingerprint density at radius 3 is 2.57 bits per heavy atom. The molecule has 7 nitrogen and oxygen atoms in total. The van der Waals surface area contributed by atoms with E-state index in [-0.39, 0.29) is 0 Å². The molecule has 0 unspecified atom stereocenters. The van der Waals surface area contributed by atoms with Gasteiger partial charge in [0.25, 0.3) is 0 Å². The number of rotatable bonds is 9. The average Bonchev–Trinajstić information content (AvgIpc) is 3.02. The van der Waals surface area contributed by atoms with Crippen molar-refractivity contribution < 1.29 is 27.2 Å². The number of hydrogen-bond donors (Lipinski definition) is 0. The predicted octanol–water partition coefficient (Wildman–Crippen LogP) is 2.52. The van der Waals surface area contributed by atoms with Crippen LogP contribution in [0.4, 0.5) is 0 Å². The molecule has 0 aliphatic rings. The normalized spacial score (nSPS) is 12.1. The summed E-state index contributed by atoms with van der Waals surface area (Å²) in [6, 6.07) is 14.5. The second-order valence-electron chi connectivity index (χ2n) is 7.67. The lowest BCUT2D eigenvalue weighted by molar-refractivity contribution is -0.320. The minimum absolute atomic E-state index is 0.291. The van der Waals surface area contributed by atoms with Gasteiger partial charge in [-0.15, -0.1) is 0 Å². The first-order valence-corrected chi connectivity index (χ1v) is 11.3. The van der Waals surface area contributed by atoms with E-state index in [4.69, 9.17) is 8.92 Å². The first kappa shape index (κ1) is 21.7. The summed E-state index contributed by atoms with van der Waals surface area (Å²) in [5.74, 6) is -0.483. The number of aliphatic carboxylic acids is 1. The third kappa shape index (κ3) is 5.54. The van der Waals surface area contributed by atoms with Gasteiger partial charge in [0.15, 0.2) is 0 Å². The van der Waals surface area contributed by atoms with Gasteiger partial charge in [0, 0.05) is 23.6 Å². The van der Waals surface area contributed by atoms with E-state index in [0.717, 1.165) is 42.1 Å². The zero-order valence-corrected chi connectivity index (χ0v) is 17.9. The molecule has 1 aromatic heterocycles. The van der Waals surface area contributed by atoms with Crippen molar-refractivity contribution in [2.45, 2.75) is 38.8 Å². The fourth-order valence-electron chi connectivity index (χ4n) is 3.15. The number of carbonyl (C=O) groups excluding carboxylic acids is 1. The fourth-order valence-corrected chi connectivity index (χ4v) is 3.61. The summed E-state index contributed by atoms with van der Waals surface area (Å²) < 4.78 is 35.1. The van der Waals surface area contributed by atoms with Gasteiger partial charge >= 0.3 is 10.1 Å². The average molecular weight is 431 g/mol. The van der Waals surface area contributed by atoms with Gasteiger partial charge in [0.2, 0.25) is 0 Å². The van der Waals surface area contributed by atoms with E-state index in [2.05, 4.69) is 4.57 Å². The fraction of sp³-hybridized carbons (Fsp3) is 0.318. The molecule has 160 valence electrons. The summed E-state index contributed by atoms with van der Waals surface area (Å²) in [5.41, 5.74) is 0.633. The van der Waals surface area contributed by atoms with E-state index >= 15 is 0 Å². The number of aryl methyl sites for hydroxylation is 2. The molecule has 0 bridgehead atoms. The summed E-state index contributed by atoms with van der Waals surface area (Å²) in [5, 5.41) is 12.0. The Hall–Kier alpha value is -3.00. The van der Waals surface area contributed by atoms with E-state index in [1.165, 1.54) is 13.8 Å².